The van der Waals surface area contributed by atoms with E-state index in [0.29, 0.717) is 5.56 Å². The molecule has 0 fully saturated rings. The average Bonchev–Trinajstić information content (AvgIpc) is 2.73. The topological polar surface area (TPSA) is 30.2 Å². The molecule has 0 unspecified atom stereocenters. The number of alkyl halides is 3. The van der Waals surface area contributed by atoms with E-state index in [0.717, 1.165) is 12.1 Å². The minimum atomic E-state index is -4.41. The molecule has 0 aliphatic heterocycles. The van der Waals surface area contributed by atoms with Crippen molar-refractivity contribution in [2.45, 2.75) is 20.0 Å². The molecule has 0 amide bonds. The van der Waals surface area contributed by atoms with Crippen molar-refractivity contribution >= 4 is 5.78 Å². The van der Waals surface area contributed by atoms with Gasteiger partial charge in [-0.3, -0.25) is 4.79 Å². The van der Waals surface area contributed by atoms with Crippen molar-refractivity contribution < 1.29 is 22.4 Å². The molecule has 5 heteroatoms. The number of hydrogen-bond acceptors (Lipinski definition) is 2. The number of benzene rings is 1. The van der Waals surface area contributed by atoms with Gasteiger partial charge < -0.3 is 4.42 Å². The van der Waals surface area contributed by atoms with Crippen LogP contribution in [0.5, 0.6) is 0 Å². The third-order valence-corrected chi connectivity index (χ3v) is 2.87. The number of carbonyl (C=O) groups is 1. The number of aryl methyl sites for hydroxylation is 2. The predicted octanol–water partition coefficient (Wildman–Crippen LogP) is 4.15. The molecule has 19 heavy (non-hydrogen) atoms. The lowest BCUT2D eigenvalue weighted by molar-refractivity contribution is -0.137. The van der Waals surface area contributed by atoms with Crippen LogP contribution in [0.3, 0.4) is 0 Å². The zero-order chi connectivity index (χ0) is 14.2. The van der Waals surface area contributed by atoms with Gasteiger partial charge in [-0.05, 0) is 43.2 Å². The minimum Gasteiger partial charge on any atom is -0.461 e. The highest BCUT2D eigenvalue weighted by Gasteiger charge is 2.31. The van der Waals surface area contributed by atoms with E-state index < -0.39 is 17.5 Å². The van der Waals surface area contributed by atoms with E-state index in [9.17, 15) is 18.0 Å². The molecule has 0 atom stereocenters. The number of hydrogen-bond donors (Lipinski definition) is 0. The number of furan rings is 1. The normalized spacial score (nSPS) is 11.6. The molecule has 0 saturated heterocycles. The first-order valence-electron chi connectivity index (χ1n) is 5.57. The van der Waals surface area contributed by atoms with Gasteiger partial charge in [0.25, 0.3) is 0 Å². The Morgan fingerprint density at radius 2 is 1.79 bits per heavy atom. The van der Waals surface area contributed by atoms with Crippen LogP contribution in [0.25, 0.3) is 0 Å². The lowest BCUT2D eigenvalue weighted by Crippen LogP contribution is -2.09. The summed E-state index contributed by atoms with van der Waals surface area (Å²) in [6, 6.07) is 4.68. The SMILES string of the molecule is Cc1cc(C(F)(F)F)ccc1C(=O)c1occc1C. The van der Waals surface area contributed by atoms with Crippen LogP contribution in [0.15, 0.2) is 34.9 Å². The van der Waals surface area contributed by atoms with Crippen LogP contribution >= 0.6 is 0 Å². The van der Waals surface area contributed by atoms with E-state index in [1.807, 2.05) is 0 Å². The van der Waals surface area contributed by atoms with E-state index in [-0.39, 0.29) is 16.9 Å². The van der Waals surface area contributed by atoms with Crippen LogP contribution in [0.2, 0.25) is 0 Å². The van der Waals surface area contributed by atoms with Crippen molar-refractivity contribution in [2.75, 3.05) is 0 Å². The maximum Gasteiger partial charge on any atom is 0.416 e. The van der Waals surface area contributed by atoms with Crippen molar-refractivity contribution in [3.63, 3.8) is 0 Å². The van der Waals surface area contributed by atoms with Crippen LogP contribution in [-0.2, 0) is 6.18 Å². The Morgan fingerprint density at radius 3 is 2.26 bits per heavy atom. The zero-order valence-electron chi connectivity index (χ0n) is 10.3. The fourth-order valence-electron chi connectivity index (χ4n) is 1.82. The first-order chi connectivity index (χ1) is 8.80. The molecule has 1 heterocycles. The van der Waals surface area contributed by atoms with Crippen LogP contribution < -0.4 is 0 Å². The number of rotatable bonds is 2. The Morgan fingerprint density at radius 1 is 1.11 bits per heavy atom. The van der Waals surface area contributed by atoms with Crippen molar-refractivity contribution in [2.24, 2.45) is 0 Å². The van der Waals surface area contributed by atoms with Gasteiger partial charge in [0.2, 0.25) is 5.78 Å². The standard InChI is InChI=1S/C14H11F3O2/c1-8-5-6-19-13(8)12(18)11-4-3-10(7-9(11)2)14(15,16)17/h3-7H,1-2H3. The third-order valence-electron chi connectivity index (χ3n) is 2.87. The molecule has 0 radical (unpaired) electrons. The summed E-state index contributed by atoms with van der Waals surface area (Å²) in [5.74, 6) is -0.253. The molecule has 2 aromatic rings. The zero-order valence-corrected chi connectivity index (χ0v) is 10.3. The molecule has 0 aliphatic carbocycles. The molecule has 0 aliphatic rings. The second-order valence-corrected chi connectivity index (χ2v) is 4.29. The highest BCUT2D eigenvalue weighted by atomic mass is 19.4. The summed E-state index contributed by atoms with van der Waals surface area (Å²) in [4.78, 5) is 12.1. The van der Waals surface area contributed by atoms with Crippen molar-refractivity contribution in [1.29, 1.82) is 0 Å². The highest BCUT2D eigenvalue weighted by molar-refractivity contribution is 6.08. The van der Waals surface area contributed by atoms with Crippen molar-refractivity contribution in [1.82, 2.24) is 0 Å². The highest BCUT2D eigenvalue weighted by Crippen LogP contribution is 2.31. The quantitative estimate of drug-likeness (QED) is 0.766. The Labute approximate surface area is 107 Å². The first kappa shape index (κ1) is 13.4. The van der Waals surface area contributed by atoms with Gasteiger partial charge in [0.15, 0.2) is 5.76 Å². The van der Waals surface area contributed by atoms with Gasteiger partial charge in [-0.1, -0.05) is 6.07 Å². The summed E-state index contributed by atoms with van der Waals surface area (Å²) in [6.07, 6.45) is -3.03. The van der Waals surface area contributed by atoms with E-state index in [4.69, 9.17) is 4.42 Å². The van der Waals surface area contributed by atoms with Gasteiger partial charge in [-0.2, -0.15) is 13.2 Å². The molecular formula is C14H11F3O2. The van der Waals surface area contributed by atoms with E-state index in [2.05, 4.69) is 0 Å². The molecule has 0 spiro atoms. The molecule has 0 bridgehead atoms. The molecule has 1 aromatic heterocycles. The van der Waals surface area contributed by atoms with E-state index >= 15 is 0 Å². The van der Waals surface area contributed by atoms with E-state index in [1.54, 1.807) is 13.0 Å². The van der Waals surface area contributed by atoms with Gasteiger partial charge in [0.1, 0.15) is 0 Å². The van der Waals surface area contributed by atoms with Gasteiger partial charge in [-0.15, -0.1) is 0 Å². The van der Waals surface area contributed by atoms with E-state index in [1.165, 1.54) is 19.3 Å². The third kappa shape index (κ3) is 2.54. The fourth-order valence-corrected chi connectivity index (χ4v) is 1.82. The summed E-state index contributed by atoms with van der Waals surface area (Å²) in [5, 5.41) is 0. The largest absolute Gasteiger partial charge is 0.461 e. The van der Waals surface area contributed by atoms with Crippen molar-refractivity contribution in [3.8, 4) is 0 Å². The maximum absolute atomic E-state index is 12.5. The molecular weight excluding hydrogens is 257 g/mol. The van der Waals surface area contributed by atoms with Crippen LogP contribution in [-0.4, -0.2) is 5.78 Å². The monoisotopic (exact) mass is 268 g/mol. The lowest BCUT2D eigenvalue weighted by atomic mass is 9.99. The molecule has 2 rings (SSSR count). The maximum atomic E-state index is 12.5. The van der Waals surface area contributed by atoms with Gasteiger partial charge >= 0.3 is 6.18 Å². The molecule has 0 saturated carbocycles. The molecule has 0 N–H and O–H groups in total. The molecule has 100 valence electrons. The molecule has 2 nitrogen and oxygen atoms in total. The predicted molar refractivity (Wildman–Crippen MR) is 63.1 cm³/mol. The Hall–Kier alpha value is -2.04. The van der Waals surface area contributed by atoms with Crippen LogP contribution in [0, 0.1) is 13.8 Å². The Kier molecular flexibility index (Phi) is 3.22. The summed E-state index contributed by atoms with van der Waals surface area (Å²) >= 11 is 0. The van der Waals surface area contributed by atoms with Gasteiger partial charge in [0, 0.05) is 5.56 Å². The van der Waals surface area contributed by atoms with Gasteiger partial charge in [-0.25, -0.2) is 0 Å². The number of ketones is 1. The summed E-state index contributed by atoms with van der Waals surface area (Å²) in [6.45, 7) is 3.18. The summed E-state index contributed by atoms with van der Waals surface area (Å²) < 4.78 is 42.7. The lowest BCUT2D eigenvalue weighted by Gasteiger charge is -2.10. The smallest absolute Gasteiger partial charge is 0.416 e. The summed E-state index contributed by atoms with van der Waals surface area (Å²) in [5.41, 5.74) is 0.378. The van der Waals surface area contributed by atoms with Crippen molar-refractivity contribution in [3.05, 3.63) is 58.5 Å². The minimum absolute atomic E-state index is 0.155. The second kappa shape index (κ2) is 4.57. The molecule has 1 aromatic carbocycles. The first-order valence-corrected chi connectivity index (χ1v) is 5.57. The van der Waals surface area contributed by atoms with Gasteiger partial charge in [0.05, 0.1) is 11.8 Å². The van der Waals surface area contributed by atoms with Crippen LogP contribution in [0.4, 0.5) is 13.2 Å². The van der Waals surface area contributed by atoms with Crippen LogP contribution in [0.1, 0.15) is 32.8 Å². The Balaban J connectivity index is 2.43. The number of halogens is 3. The fraction of sp³-hybridized carbons (Fsp3) is 0.214. The average molecular weight is 268 g/mol. The number of carbonyl (C=O) groups excluding carboxylic acids is 1. The Bertz CT molecular complexity index is 624. The summed E-state index contributed by atoms with van der Waals surface area (Å²) in [7, 11) is 0. The second-order valence-electron chi connectivity index (χ2n) is 4.29.